The van der Waals surface area contributed by atoms with Crippen LogP contribution in [0.25, 0.3) is 0 Å². The molecule has 0 atom stereocenters. The first-order valence-corrected chi connectivity index (χ1v) is 8.23. The number of hydrogen-bond donors (Lipinski definition) is 2. The van der Waals surface area contributed by atoms with Crippen LogP contribution in [-0.4, -0.2) is 42.4 Å². The molecular weight excluding hydrogens is 309 g/mol. The highest BCUT2D eigenvalue weighted by molar-refractivity contribution is 5.90. The van der Waals surface area contributed by atoms with Crippen LogP contribution in [0.15, 0.2) is 24.3 Å². The summed E-state index contributed by atoms with van der Waals surface area (Å²) in [6.07, 6.45) is 0.954. The highest BCUT2D eigenvalue weighted by Gasteiger charge is 2.43. The number of carbonyl (C=O) groups excluding carboxylic acids is 2. The molecule has 0 aliphatic carbocycles. The summed E-state index contributed by atoms with van der Waals surface area (Å²) >= 11 is 0. The SMILES string of the molecule is CNC(=O)C1(Nc2cccc(F)c2)CCN(C(=O)C(C)(C)C)CC1. The Morgan fingerprint density at radius 1 is 1.21 bits per heavy atom. The molecule has 0 spiro atoms. The lowest BCUT2D eigenvalue weighted by molar-refractivity contribution is -0.142. The van der Waals surface area contributed by atoms with Gasteiger partial charge in [0.25, 0.3) is 0 Å². The van der Waals surface area contributed by atoms with Crippen molar-refractivity contribution in [3.8, 4) is 0 Å². The Labute approximate surface area is 142 Å². The van der Waals surface area contributed by atoms with Gasteiger partial charge in [0.15, 0.2) is 0 Å². The van der Waals surface area contributed by atoms with Gasteiger partial charge in [-0.25, -0.2) is 4.39 Å². The van der Waals surface area contributed by atoms with Crippen molar-refractivity contribution in [2.24, 2.45) is 5.41 Å². The molecule has 24 heavy (non-hydrogen) atoms. The van der Waals surface area contributed by atoms with Crippen molar-refractivity contribution in [1.82, 2.24) is 10.2 Å². The van der Waals surface area contributed by atoms with Crippen LogP contribution in [-0.2, 0) is 9.59 Å². The Kier molecular flexibility index (Phi) is 5.16. The number of nitrogens with one attached hydrogen (secondary N) is 2. The maximum absolute atomic E-state index is 13.4. The van der Waals surface area contributed by atoms with Crippen molar-refractivity contribution >= 4 is 17.5 Å². The van der Waals surface area contributed by atoms with Gasteiger partial charge in [-0.2, -0.15) is 0 Å². The zero-order valence-electron chi connectivity index (χ0n) is 14.8. The molecule has 1 aromatic rings. The van der Waals surface area contributed by atoms with E-state index in [0.717, 1.165) is 0 Å². The van der Waals surface area contributed by atoms with Crippen LogP contribution in [0.4, 0.5) is 10.1 Å². The molecule has 0 radical (unpaired) electrons. The van der Waals surface area contributed by atoms with E-state index in [2.05, 4.69) is 10.6 Å². The predicted molar refractivity (Wildman–Crippen MR) is 92.1 cm³/mol. The van der Waals surface area contributed by atoms with Crippen LogP contribution < -0.4 is 10.6 Å². The van der Waals surface area contributed by atoms with Gasteiger partial charge in [-0.05, 0) is 31.0 Å². The fourth-order valence-electron chi connectivity index (χ4n) is 3.06. The van der Waals surface area contributed by atoms with Crippen LogP contribution in [0.3, 0.4) is 0 Å². The standard InChI is InChI=1S/C18H26FN3O2/c1-17(2,3)16(24)22-10-8-18(9-11-22,15(23)20-4)21-14-7-5-6-13(19)12-14/h5-7,12,21H,8-11H2,1-4H3,(H,20,23). The highest BCUT2D eigenvalue weighted by Crippen LogP contribution is 2.30. The summed E-state index contributed by atoms with van der Waals surface area (Å²) in [5.41, 5.74) is -0.713. The highest BCUT2D eigenvalue weighted by atomic mass is 19.1. The van der Waals surface area contributed by atoms with Crippen LogP contribution in [0.2, 0.25) is 0 Å². The third-order valence-corrected chi connectivity index (χ3v) is 4.42. The second-order valence-electron chi connectivity index (χ2n) is 7.34. The minimum atomic E-state index is -0.836. The number of benzene rings is 1. The topological polar surface area (TPSA) is 61.4 Å². The van der Waals surface area contributed by atoms with Crippen molar-refractivity contribution in [3.63, 3.8) is 0 Å². The van der Waals surface area contributed by atoms with Crippen molar-refractivity contribution in [1.29, 1.82) is 0 Å². The van der Waals surface area contributed by atoms with E-state index < -0.39 is 11.0 Å². The fraction of sp³-hybridized carbons (Fsp3) is 0.556. The molecule has 1 saturated heterocycles. The molecule has 2 rings (SSSR count). The van der Waals surface area contributed by atoms with Gasteiger partial charge in [0.05, 0.1) is 0 Å². The number of halogens is 1. The minimum Gasteiger partial charge on any atom is -0.371 e. The molecule has 1 aromatic carbocycles. The van der Waals surface area contributed by atoms with Crippen molar-refractivity contribution in [3.05, 3.63) is 30.1 Å². The quantitative estimate of drug-likeness (QED) is 0.892. The summed E-state index contributed by atoms with van der Waals surface area (Å²) in [6, 6.07) is 6.08. The number of likely N-dealkylation sites (N-methyl/N-ethyl adjacent to an activating group) is 1. The van der Waals surface area contributed by atoms with Gasteiger partial charge in [0, 0.05) is 31.2 Å². The second-order valence-corrected chi connectivity index (χ2v) is 7.34. The average molecular weight is 335 g/mol. The summed E-state index contributed by atoms with van der Waals surface area (Å²) in [4.78, 5) is 26.7. The van der Waals surface area contributed by atoms with Crippen LogP contribution >= 0.6 is 0 Å². The Balaban J connectivity index is 2.17. The smallest absolute Gasteiger partial charge is 0.245 e. The van der Waals surface area contributed by atoms with Gasteiger partial charge in [-0.1, -0.05) is 26.8 Å². The molecule has 1 fully saturated rings. The number of nitrogens with zero attached hydrogens (tertiary/aromatic N) is 1. The maximum atomic E-state index is 13.4. The van der Waals surface area contributed by atoms with E-state index in [0.29, 0.717) is 31.6 Å². The molecule has 1 aliphatic heterocycles. The van der Waals surface area contributed by atoms with E-state index in [1.54, 1.807) is 24.1 Å². The van der Waals surface area contributed by atoms with E-state index in [-0.39, 0.29) is 17.6 Å². The van der Waals surface area contributed by atoms with E-state index >= 15 is 0 Å². The fourth-order valence-corrected chi connectivity index (χ4v) is 3.06. The predicted octanol–water partition coefficient (Wildman–Crippen LogP) is 2.39. The van der Waals surface area contributed by atoms with Crippen LogP contribution in [0.5, 0.6) is 0 Å². The molecule has 0 saturated carbocycles. The number of anilines is 1. The molecule has 6 heteroatoms. The number of amides is 2. The van der Waals surface area contributed by atoms with Gasteiger partial charge in [-0.15, -0.1) is 0 Å². The molecular formula is C18H26FN3O2. The van der Waals surface area contributed by atoms with E-state index in [9.17, 15) is 14.0 Å². The van der Waals surface area contributed by atoms with Gasteiger partial charge >= 0.3 is 0 Å². The zero-order valence-corrected chi connectivity index (χ0v) is 14.8. The first-order valence-electron chi connectivity index (χ1n) is 8.23. The zero-order chi connectivity index (χ0) is 18.0. The van der Waals surface area contributed by atoms with Crippen molar-refractivity contribution in [2.75, 3.05) is 25.5 Å². The number of likely N-dealkylation sites (tertiary alicyclic amines) is 1. The van der Waals surface area contributed by atoms with Gasteiger partial charge in [-0.3, -0.25) is 9.59 Å². The largest absolute Gasteiger partial charge is 0.371 e. The van der Waals surface area contributed by atoms with E-state index in [1.807, 2.05) is 20.8 Å². The number of piperidine rings is 1. The average Bonchev–Trinajstić information content (AvgIpc) is 2.53. The number of carbonyl (C=O) groups is 2. The molecule has 1 aliphatic rings. The molecule has 0 bridgehead atoms. The molecule has 0 aromatic heterocycles. The molecule has 1 heterocycles. The van der Waals surface area contributed by atoms with E-state index in [4.69, 9.17) is 0 Å². The number of hydrogen-bond acceptors (Lipinski definition) is 3. The maximum Gasteiger partial charge on any atom is 0.245 e. The summed E-state index contributed by atoms with van der Waals surface area (Å²) in [5, 5.41) is 5.88. The first kappa shape index (κ1) is 18.2. The van der Waals surface area contributed by atoms with Crippen molar-refractivity contribution in [2.45, 2.75) is 39.2 Å². The Hall–Kier alpha value is -2.11. The van der Waals surface area contributed by atoms with Gasteiger partial charge in [0.1, 0.15) is 11.4 Å². The summed E-state index contributed by atoms with van der Waals surface area (Å²) < 4.78 is 13.4. The summed E-state index contributed by atoms with van der Waals surface area (Å²) in [6.45, 7) is 6.65. The molecule has 0 unspecified atom stereocenters. The third-order valence-electron chi connectivity index (χ3n) is 4.42. The summed E-state index contributed by atoms with van der Waals surface area (Å²) in [7, 11) is 1.59. The Bertz CT molecular complexity index is 617. The lowest BCUT2D eigenvalue weighted by Crippen LogP contribution is -2.59. The molecule has 5 nitrogen and oxygen atoms in total. The monoisotopic (exact) mass is 335 g/mol. The Morgan fingerprint density at radius 2 is 1.83 bits per heavy atom. The van der Waals surface area contributed by atoms with Gasteiger partial charge in [0.2, 0.25) is 11.8 Å². The van der Waals surface area contributed by atoms with E-state index in [1.165, 1.54) is 12.1 Å². The molecule has 2 amide bonds. The summed E-state index contributed by atoms with van der Waals surface area (Å²) in [5.74, 6) is -0.416. The van der Waals surface area contributed by atoms with Crippen LogP contribution in [0, 0.1) is 11.2 Å². The normalized spacial score (nSPS) is 17.3. The second kappa shape index (κ2) is 6.79. The molecule has 2 N–H and O–H groups in total. The van der Waals surface area contributed by atoms with Crippen molar-refractivity contribution < 1.29 is 14.0 Å². The first-order chi connectivity index (χ1) is 11.2. The lowest BCUT2D eigenvalue weighted by atomic mass is 9.84. The number of rotatable bonds is 3. The molecule has 132 valence electrons. The third kappa shape index (κ3) is 3.86. The Morgan fingerprint density at radius 3 is 2.33 bits per heavy atom. The minimum absolute atomic E-state index is 0.0822. The lowest BCUT2D eigenvalue weighted by Gasteiger charge is -2.43. The van der Waals surface area contributed by atoms with Gasteiger partial charge < -0.3 is 15.5 Å². The van der Waals surface area contributed by atoms with Crippen LogP contribution in [0.1, 0.15) is 33.6 Å².